The smallest absolute Gasteiger partial charge is 0.271 e. The molecule has 138 valence electrons. The van der Waals surface area contributed by atoms with Gasteiger partial charge in [0.05, 0.1) is 20.3 Å². The fourth-order valence-corrected chi connectivity index (χ4v) is 3.80. The SMILES string of the molecule is CCOc1c2ccccc2c(OCC)c2cc(CS(=O)(=O)OC)ccc12. The molecule has 3 rings (SSSR count). The molecule has 0 amide bonds. The minimum absolute atomic E-state index is 0.193. The highest BCUT2D eigenvalue weighted by molar-refractivity contribution is 7.85. The zero-order valence-electron chi connectivity index (χ0n) is 15.1. The van der Waals surface area contributed by atoms with Gasteiger partial charge < -0.3 is 9.47 Å². The van der Waals surface area contributed by atoms with E-state index < -0.39 is 10.1 Å². The van der Waals surface area contributed by atoms with Crippen LogP contribution in [0.5, 0.6) is 11.5 Å². The Morgan fingerprint density at radius 2 is 1.35 bits per heavy atom. The molecular formula is C20H22O5S. The molecule has 0 unspecified atom stereocenters. The first-order valence-electron chi connectivity index (χ1n) is 8.52. The van der Waals surface area contributed by atoms with Gasteiger partial charge in [-0.25, -0.2) is 0 Å². The third-order valence-electron chi connectivity index (χ3n) is 4.16. The van der Waals surface area contributed by atoms with Crippen molar-refractivity contribution >= 4 is 31.7 Å². The van der Waals surface area contributed by atoms with E-state index in [9.17, 15) is 8.42 Å². The lowest BCUT2D eigenvalue weighted by Gasteiger charge is -2.17. The van der Waals surface area contributed by atoms with Crippen molar-refractivity contribution in [2.75, 3.05) is 20.3 Å². The zero-order chi connectivity index (χ0) is 18.7. The van der Waals surface area contributed by atoms with Crippen molar-refractivity contribution in [3.05, 3.63) is 48.0 Å². The molecule has 5 nitrogen and oxygen atoms in total. The van der Waals surface area contributed by atoms with Gasteiger partial charge in [-0.3, -0.25) is 4.18 Å². The largest absolute Gasteiger partial charge is 0.493 e. The number of benzene rings is 3. The van der Waals surface area contributed by atoms with Crippen LogP contribution in [0.15, 0.2) is 42.5 Å². The highest BCUT2D eigenvalue weighted by Crippen LogP contribution is 2.43. The topological polar surface area (TPSA) is 61.8 Å². The molecule has 0 aliphatic rings. The van der Waals surface area contributed by atoms with E-state index in [-0.39, 0.29) is 5.75 Å². The minimum Gasteiger partial charge on any atom is -0.493 e. The van der Waals surface area contributed by atoms with Crippen LogP contribution >= 0.6 is 0 Å². The lowest BCUT2D eigenvalue weighted by Crippen LogP contribution is -2.06. The average Bonchev–Trinajstić information content (AvgIpc) is 2.64. The van der Waals surface area contributed by atoms with Gasteiger partial charge in [0.25, 0.3) is 10.1 Å². The van der Waals surface area contributed by atoms with Gasteiger partial charge in [0.2, 0.25) is 0 Å². The molecule has 3 aromatic carbocycles. The van der Waals surface area contributed by atoms with Gasteiger partial charge in [-0.15, -0.1) is 0 Å². The number of ether oxygens (including phenoxy) is 2. The van der Waals surface area contributed by atoms with Crippen molar-refractivity contribution in [2.24, 2.45) is 0 Å². The van der Waals surface area contributed by atoms with Crippen LogP contribution < -0.4 is 9.47 Å². The molecule has 26 heavy (non-hydrogen) atoms. The van der Waals surface area contributed by atoms with E-state index in [0.29, 0.717) is 18.8 Å². The highest BCUT2D eigenvalue weighted by atomic mass is 32.2. The molecule has 0 saturated heterocycles. The standard InChI is InChI=1S/C20H22O5S/c1-4-24-19-15-8-6-7-9-16(15)20(25-5-2)18-12-14(10-11-17(18)19)13-26(21,22)23-3/h6-12H,4-5,13H2,1-3H3. The van der Waals surface area contributed by atoms with Crippen LogP contribution in [0.3, 0.4) is 0 Å². The molecule has 0 aliphatic heterocycles. The van der Waals surface area contributed by atoms with Gasteiger partial charge in [-0.05, 0) is 25.5 Å². The van der Waals surface area contributed by atoms with E-state index in [1.165, 1.54) is 7.11 Å². The summed E-state index contributed by atoms with van der Waals surface area (Å²) in [7, 11) is -2.43. The van der Waals surface area contributed by atoms with Crippen LogP contribution in [0.25, 0.3) is 21.5 Å². The van der Waals surface area contributed by atoms with Crippen molar-refractivity contribution in [3.63, 3.8) is 0 Å². The summed E-state index contributed by atoms with van der Waals surface area (Å²) < 4.78 is 40.1. The van der Waals surface area contributed by atoms with Crippen molar-refractivity contribution in [3.8, 4) is 11.5 Å². The van der Waals surface area contributed by atoms with Gasteiger partial charge in [0.1, 0.15) is 17.3 Å². The molecule has 0 spiro atoms. The highest BCUT2D eigenvalue weighted by Gasteiger charge is 2.18. The second kappa shape index (κ2) is 7.51. The van der Waals surface area contributed by atoms with Gasteiger partial charge in [-0.2, -0.15) is 8.42 Å². The molecule has 0 atom stereocenters. The maximum absolute atomic E-state index is 11.8. The Labute approximate surface area is 153 Å². The van der Waals surface area contributed by atoms with E-state index in [4.69, 9.17) is 9.47 Å². The summed E-state index contributed by atoms with van der Waals surface area (Å²) in [6.07, 6.45) is 0. The fourth-order valence-electron chi connectivity index (χ4n) is 3.10. The molecule has 0 heterocycles. The Bertz CT molecular complexity index is 1040. The average molecular weight is 374 g/mol. The molecule has 0 aliphatic carbocycles. The lowest BCUT2D eigenvalue weighted by atomic mass is 9.99. The monoisotopic (exact) mass is 374 g/mol. The molecule has 0 N–H and O–H groups in total. The van der Waals surface area contributed by atoms with Gasteiger partial charge in [-0.1, -0.05) is 36.4 Å². The second-order valence-electron chi connectivity index (χ2n) is 5.82. The maximum Gasteiger partial charge on any atom is 0.271 e. The molecule has 0 saturated carbocycles. The summed E-state index contributed by atoms with van der Waals surface area (Å²) in [4.78, 5) is 0. The third-order valence-corrected chi connectivity index (χ3v) is 5.36. The van der Waals surface area contributed by atoms with E-state index in [2.05, 4.69) is 4.18 Å². The summed E-state index contributed by atoms with van der Waals surface area (Å²) in [6.45, 7) is 4.91. The van der Waals surface area contributed by atoms with Gasteiger partial charge in [0, 0.05) is 21.5 Å². The molecule has 0 fully saturated rings. The molecule has 0 aromatic heterocycles. The summed E-state index contributed by atoms with van der Waals surface area (Å²) in [6, 6.07) is 13.4. The minimum atomic E-state index is -3.60. The van der Waals surface area contributed by atoms with Crippen LogP contribution in [-0.4, -0.2) is 28.7 Å². The number of hydrogen-bond acceptors (Lipinski definition) is 5. The Hall–Kier alpha value is -2.31. The van der Waals surface area contributed by atoms with Crippen molar-refractivity contribution in [2.45, 2.75) is 19.6 Å². The first-order chi connectivity index (χ1) is 12.5. The summed E-state index contributed by atoms with van der Waals surface area (Å²) in [5.74, 6) is 1.32. The van der Waals surface area contributed by atoms with Gasteiger partial charge in [0.15, 0.2) is 0 Å². The Balaban J connectivity index is 2.33. The van der Waals surface area contributed by atoms with Crippen LogP contribution in [0.4, 0.5) is 0 Å². The lowest BCUT2D eigenvalue weighted by molar-refractivity contribution is 0.342. The van der Waals surface area contributed by atoms with E-state index in [0.717, 1.165) is 33.0 Å². The van der Waals surface area contributed by atoms with Crippen LogP contribution in [0, 0.1) is 0 Å². The van der Waals surface area contributed by atoms with Crippen molar-refractivity contribution in [1.82, 2.24) is 0 Å². The predicted molar refractivity (Wildman–Crippen MR) is 103 cm³/mol. The Kier molecular flexibility index (Phi) is 5.34. The fraction of sp³-hybridized carbons (Fsp3) is 0.300. The van der Waals surface area contributed by atoms with Crippen LogP contribution in [0.2, 0.25) is 0 Å². The molecule has 3 aromatic rings. The maximum atomic E-state index is 11.8. The number of rotatable bonds is 7. The van der Waals surface area contributed by atoms with Crippen LogP contribution in [-0.2, 0) is 20.1 Å². The normalized spacial score (nSPS) is 11.8. The molecule has 0 bridgehead atoms. The Morgan fingerprint density at radius 1 is 0.808 bits per heavy atom. The van der Waals surface area contributed by atoms with E-state index >= 15 is 0 Å². The molecular weight excluding hydrogens is 352 g/mol. The quantitative estimate of drug-likeness (QED) is 0.457. The summed E-state index contributed by atoms with van der Waals surface area (Å²) >= 11 is 0. The molecule has 6 heteroatoms. The van der Waals surface area contributed by atoms with Crippen molar-refractivity contribution < 1.29 is 22.1 Å². The van der Waals surface area contributed by atoms with E-state index in [1.54, 1.807) is 6.07 Å². The van der Waals surface area contributed by atoms with Crippen LogP contribution in [0.1, 0.15) is 19.4 Å². The van der Waals surface area contributed by atoms with Crippen molar-refractivity contribution in [1.29, 1.82) is 0 Å². The number of hydrogen-bond donors (Lipinski definition) is 0. The van der Waals surface area contributed by atoms with E-state index in [1.807, 2.05) is 50.2 Å². The first-order valence-corrected chi connectivity index (χ1v) is 10.1. The molecule has 0 radical (unpaired) electrons. The second-order valence-corrected chi connectivity index (χ2v) is 7.56. The summed E-state index contributed by atoms with van der Waals surface area (Å²) in [5.41, 5.74) is 0.637. The third kappa shape index (κ3) is 3.48. The Morgan fingerprint density at radius 3 is 1.88 bits per heavy atom. The predicted octanol–water partition coefficient (Wildman–Crippen LogP) is 4.27. The zero-order valence-corrected chi connectivity index (χ0v) is 15.9. The van der Waals surface area contributed by atoms with Gasteiger partial charge >= 0.3 is 0 Å². The first kappa shape index (κ1) is 18.5. The summed E-state index contributed by atoms with van der Waals surface area (Å²) in [5, 5.41) is 3.64. The number of fused-ring (bicyclic) bond motifs is 2.